The average molecular weight is 562 g/mol. The molecular formula is C26H28ClN3O7S. The molecule has 38 heavy (non-hydrogen) atoms. The highest BCUT2D eigenvalue weighted by atomic mass is 35.5. The van der Waals surface area contributed by atoms with Gasteiger partial charge in [0.05, 0.1) is 28.7 Å². The first-order valence-corrected chi connectivity index (χ1v) is 13.3. The third-order valence-corrected chi connectivity index (χ3v) is 7.64. The van der Waals surface area contributed by atoms with Crippen LogP contribution in [0.5, 0.6) is 11.5 Å². The monoisotopic (exact) mass is 561 g/mol. The number of carbonyl (C=O) groups excluding carboxylic acids is 1. The van der Waals surface area contributed by atoms with E-state index in [1.165, 1.54) is 44.4 Å². The predicted molar refractivity (Wildman–Crippen MR) is 145 cm³/mol. The van der Waals surface area contributed by atoms with Crippen molar-refractivity contribution in [2.24, 2.45) is 0 Å². The minimum Gasteiger partial charge on any atom is -0.495 e. The molecule has 0 heterocycles. The third kappa shape index (κ3) is 6.73. The van der Waals surface area contributed by atoms with E-state index < -0.39 is 33.4 Å². The lowest BCUT2D eigenvalue weighted by Crippen LogP contribution is -2.45. The van der Waals surface area contributed by atoms with Gasteiger partial charge < -0.3 is 14.8 Å². The van der Waals surface area contributed by atoms with Gasteiger partial charge in [-0.2, -0.15) is 0 Å². The fourth-order valence-corrected chi connectivity index (χ4v) is 5.27. The Balaban J connectivity index is 1.92. The Morgan fingerprint density at radius 1 is 1.08 bits per heavy atom. The van der Waals surface area contributed by atoms with Gasteiger partial charge in [0, 0.05) is 16.7 Å². The number of para-hydroxylation sites is 1. The molecule has 0 fully saturated rings. The van der Waals surface area contributed by atoms with Crippen molar-refractivity contribution in [3.05, 3.63) is 86.9 Å². The molecule has 0 saturated carbocycles. The summed E-state index contributed by atoms with van der Waals surface area (Å²) in [6.07, 6.45) is 0. The van der Waals surface area contributed by atoms with Gasteiger partial charge in [0.15, 0.2) is 0 Å². The van der Waals surface area contributed by atoms with Crippen LogP contribution in [0.3, 0.4) is 0 Å². The number of anilines is 1. The van der Waals surface area contributed by atoms with E-state index in [1.807, 2.05) is 31.2 Å². The summed E-state index contributed by atoms with van der Waals surface area (Å²) in [5, 5.41) is 14.4. The molecular weight excluding hydrogens is 534 g/mol. The molecule has 1 atom stereocenters. The van der Waals surface area contributed by atoms with Crippen LogP contribution < -0.4 is 19.1 Å². The molecule has 0 saturated heterocycles. The second-order valence-corrected chi connectivity index (χ2v) is 10.9. The number of ether oxygens (including phenoxy) is 2. The van der Waals surface area contributed by atoms with Crippen LogP contribution >= 0.6 is 11.6 Å². The maximum absolute atomic E-state index is 13.8. The number of hydrogen-bond donors (Lipinski definition) is 1. The molecule has 1 N–H and O–H groups in total. The molecule has 0 radical (unpaired) electrons. The van der Waals surface area contributed by atoms with Crippen LogP contribution in [-0.4, -0.2) is 45.6 Å². The van der Waals surface area contributed by atoms with Crippen LogP contribution in [-0.2, 0) is 14.8 Å². The van der Waals surface area contributed by atoms with E-state index in [0.717, 1.165) is 15.9 Å². The summed E-state index contributed by atoms with van der Waals surface area (Å²) in [4.78, 5) is 23.5. The van der Waals surface area contributed by atoms with Gasteiger partial charge in [0.2, 0.25) is 5.91 Å². The summed E-state index contributed by atoms with van der Waals surface area (Å²) in [6.45, 7) is 4.62. The van der Waals surface area contributed by atoms with Crippen molar-refractivity contribution in [3.8, 4) is 11.5 Å². The van der Waals surface area contributed by atoms with Gasteiger partial charge in [0.25, 0.3) is 15.7 Å². The van der Waals surface area contributed by atoms with Crippen LogP contribution in [0, 0.1) is 24.0 Å². The second kappa shape index (κ2) is 12.1. The van der Waals surface area contributed by atoms with Gasteiger partial charge in [-0.25, -0.2) is 8.42 Å². The van der Waals surface area contributed by atoms with Gasteiger partial charge in [-0.1, -0.05) is 35.9 Å². The fraction of sp³-hybridized carbons (Fsp3) is 0.269. The first-order chi connectivity index (χ1) is 17.9. The van der Waals surface area contributed by atoms with Gasteiger partial charge in [0.1, 0.15) is 24.7 Å². The summed E-state index contributed by atoms with van der Waals surface area (Å²) in [5.41, 5.74) is 0.863. The number of halogens is 1. The van der Waals surface area contributed by atoms with E-state index in [9.17, 15) is 23.3 Å². The lowest BCUT2D eigenvalue weighted by molar-refractivity contribution is -0.385. The normalized spacial score (nSPS) is 11.9. The molecule has 3 aromatic carbocycles. The number of benzene rings is 3. The summed E-state index contributed by atoms with van der Waals surface area (Å²) in [7, 11) is -3.12. The molecule has 202 valence electrons. The summed E-state index contributed by atoms with van der Waals surface area (Å²) in [6, 6.07) is 14.8. The van der Waals surface area contributed by atoms with Crippen molar-refractivity contribution < 1.29 is 27.6 Å². The molecule has 0 aliphatic carbocycles. The van der Waals surface area contributed by atoms with Crippen LogP contribution in [0.15, 0.2) is 65.6 Å². The lowest BCUT2D eigenvalue weighted by Gasteiger charge is -2.26. The fourth-order valence-electron chi connectivity index (χ4n) is 3.66. The number of aryl methyl sites for hydroxylation is 2. The number of sulfonamides is 1. The molecule has 3 aromatic rings. The van der Waals surface area contributed by atoms with Gasteiger partial charge in [-0.05, 0) is 56.7 Å². The maximum atomic E-state index is 13.8. The maximum Gasteiger partial charge on any atom is 0.273 e. The van der Waals surface area contributed by atoms with Crippen molar-refractivity contribution >= 4 is 38.9 Å². The standard InChI is InChI=1S/C26H28ClN3O7S/c1-17-9-11-21(14-22(17)30(32)33)38(34,35)29(23-13-20(27)10-12-25(23)36-4)15-26(31)28-19(3)16-37-24-8-6-5-7-18(24)2/h5-14,19H,15-16H2,1-4H3,(H,28,31). The predicted octanol–water partition coefficient (Wildman–Crippen LogP) is 4.65. The lowest BCUT2D eigenvalue weighted by atomic mass is 10.2. The third-order valence-electron chi connectivity index (χ3n) is 5.65. The van der Waals surface area contributed by atoms with Crippen molar-refractivity contribution in [2.45, 2.75) is 31.7 Å². The van der Waals surface area contributed by atoms with Crippen molar-refractivity contribution in [3.63, 3.8) is 0 Å². The second-order valence-electron chi connectivity index (χ2n) is 8.58. The number of amides is 1. The van der Waals surface area contributed by atoms with Gasteiger partial charge >= 0.3 is 0 Å². The molecule has 0 aliphatic heterocycles. The first kappa shape index (κ1) is 28.7. The minimum absolute atomic E-state index is 0.00203. The highest BCUT2D eigenvalue weighted by molar-refractivity contribution is 7.92. The van der Waals surface area contributed by atoms with Gasteiger partial charge in [-0.3, -0.25) is 19.2 Å². The highest BCUT2D eigenvalue weighted by Gasteiger charge is 2.31. The number of carbonyl (C=O) groups is 1. The van der Waals surface area contributed by atoms with E-state index in [4.69, 9.17) is 21.1 Å². The van der Waals surface area contributed by atoms with Crippen molar-refractivity contribution in [1.29, 1.82) is 0 Å². The molecule has 0 spiro atoms. The van der Waals surface area contributed by atoms with Crippen molar-refractivity contribution in [2.75, 3.05) is 24.6 Å². The zero-order valence-electron chi connectivity index (χ0n) is 21.3. The van der Waals surface area contributed by atoms with Crippen LogP contribution in [0.1, 0.15) is 18.1 Å². The number of hydrogen-bond acceptors (Lipinski definition) is 7. The number of nitrogens with zero attached hydrogens (tertiary/aromatic N) is 2. The van der Waals surface area contributed by atoms with E-state index in [0.29, 0.717) is 11.3 Å². The SMILES string of the molecule is COc1ccc(Cl)cc1N(CC(=O)NC(C)COc1ccccc1C)S(=O)(=O)c1ccc(C)c([N+](=O)[O-])c1. The minimum atomic E-state index is -4.47. The molecule has 1 unspecified atom stereocenters. The summed E-state index contributed by atoms with van der Waals surface area (Å²) < 4.78 is 39.5. The molecule has 3 rings (SSSR count). The Morgan fingerprint density at radius 2 is 1.79 bits per heavy atom. The number of methoxy groups -OCH3 is 1. The number of rotatable bonds is 11. The molecule has 10 nitrogen and oxygen atoms in total. The Kier molecular flexibility index (Phi) is 9.18. The molecule has 12 heteroatoms. The Morgan fingerprint density at radius 3 is 2.45 bits per heavy atom. The topological polar surface area (TPSA) is 128 Å². The average Bonchev–Trinajstić information content (AvgIpc) is 2.86. The Hall–Kier alpha value is -3.83. The quantitative estimate of drug-likeness (QED) is 0.266. The Labute approximate surface area is 226 Å². The smallest absolute Gasteiger partial charge is 0.273 e. The number of nitrogens with one attached hydrogen (secondary N) is 1. The highest BCUT2D eigenvalue weighted by Crippen LogP contribution is 2.35. The zero-order valence-corrected chi connectivity index (χ0v) is 22.9. The van der Waals surface area contributed by atoms with E-state index in [2.05, 4.69) is 5.32 Å². The zero-order chi connectivity index (χ0) is 28.0. The largest absolute Gasteiger partial charge is 0.495 e. The summed E-state index contributed by atoms with van der Waals surface area (Å²) in [5.74, 6) is 0.184. The molecule has 1 amide bonds. The summed E-state index contributed by atoms with van der Waals surface area (Å²) >= 11 is 6.15. The molecule has 0 aromatic heterocycles. The van der Waals surface area contributed by atoms with Crippen LogP contribution in [0.25, 0.3) is 0 Å². The number of nitro benzene ring substituents is 1. The first-order valence-electron chi connectivity index (χ1n) is 11.5. The number of nitro groups is 1. The Bertz CT molecular complexity index is 1450. The van der Waals surface area contributed by atoms with E-state index >= 15 is 0 Å². The van der Waals surface area contributed by atoms with Crippen molar-refractivity contribution in [1.82, 2.24) is 5.32 Å². The van der Waals surface area contributed by atoms with Gasteiger partial charge in [-0.15, -0.1) is 0 Å². The molecule has 0 bridgehead atoms. The molecule has 0 aliphatic rings. The van der Waals surface area contributed by atoms with E-state index in [1.54, 1.807) is 6.92 Å². The van der Waals surface area contributed by atoms with E-state index in [-0.39, 0.29) is 33.6 Å². The van der Waals surface area contributed by atoms with Crippen LogP contribution in [0.2, 0.25) is 5.02 Å². The van der Waals surface area contributed by atoms with Crippen LogP contribution in [0.4, 0.5) is 11.4 Å².